The number of hydrogen-bond donors (Lipinski definition) is 1. The van der Waals surface area contributed by atoms with Crippen molar-refractivity contribution in [1.29, 1.82) is 0 Å². The lowest BCUT2D eigenvalue weighted by Gasteiger charge is -2.21. The Morgan fingerprint density at radius 1 is 1.39 bits per heavy atom. The first-order valence-electron chi connectivity index (χ1n) is 7.50. The Bertz CT molecular complexity index is 587. The van der Waals surface area contributed by atoms with Crippen molar-refractivity contribution in [3.8, 4) is 0 Å². The molecule has 7 heteroatoms. The van der Waals surface area contributed by atoms with Crippen LogP contribution in [0.3, 0.4) is 0 Å². The number of rotatable bonds is 5. The zero-order valence-electron chi connectivity index (χ0n) is 12.8. The van der Waals surface area contributed by atoms with E-state index in [2.05, 4.69) is 5.32 Å². The average Bonchev–Trinajstić information content (AvgIpc) is 2.89. The molecule has 1 fully saturated rings. The summed E-state index contributed by atoms with van der Waals surface area (Å²) in [5.41, 5.74) is -0.870. The van der Waals surface area contributed by atoms with Gasteiger partial charge in [0.15, 0.2) is 0 Å². The molecule has 126 valence electrons. The highest BCUT2D eigenvalue weighted by Gasteiger charge is 2.31. The van der Waals surface area contributed by atoms with Gasteiger partial charge in [0, 0.05) is 31.6 Å². The number of nitrogens with one attached hydrogen (secondary N) is 1. The minimum atomic E-state index is -4.47. The van der Waals surface area contributed by atoms with Crippen molar-refractivity contribution in [2.75, 3.05) is 19.6 Å². The number of halogens is 3. The van der Waals surface area contributed by atoms with Gasteiger partial charge in [-0.25, -0.2) is 0 Å². The third-order valence-corrected chi connectivity index (χ3v) is 3.77. The molecule has 0 spiro atoms. The molecule has 4 nitrogen and oxygen atoms in total. The Balaban J connectivity index is 1.88. The number of amides is 2. The lowest BCUT2D eigenvalue weighted by molar-refractivity contribution is -0.137. The SMILES string of the molecule is C[C@@H](CNC(=O)c1cccc(C(F)(F)F)c1)CN1CCCC1=O. The van der Waals surface area contributed by atoms with E-state index in [0.717, 1.165) is 25.1 Å². The van der Waals surface area contributed by atoms with Crippen LogP contribution in [0.25, 0.3) is 0 Å². The van der Waals surface area contributed by atoms with E-state index in [1.807, 2.05) is 6.92 Å². The van der Waals surface area contributed by atoms with Crippen molar-refractivity contribution in [3.63, 3.8) is 0 Å². The van der Waals surface area contributed by atoms with E-state index in [0.29, 0.717) is 19.5 Å². The number of alkyl halides is 3. The molecule has 0 aliphatic carbocycles. The van der Waals surface area contributed by atoms with Crippen LogP contribution in [0.5, 0.6) is 0 Å². The van der Waals surface area contributed by atoms with Gasteiger partial charge in [0.05, 0.1) is 5.56 Å². The third-order valence-electron chi connectivity index (χ3n) is 3.77. The Morgan fingerprint density at radius 3 is 2.74 bits per heavy atom. The van der Waals surface area contributed by atoms with Crippen molar-refractivity contribution in [2.45, 2.75) is 25.9 Å². The highest BCUT2D eigenvalue weighted by molar-refractivity contribution is 5.94. The fourth-order valence-corrected chi connectivity index (χ4v) is 2.54. The van der Waals surface area contributed by atoms with E-state index in [-0.39, 0.29) is 17.4 Å². The van der Waals surface area contributed by atoms with Gasteiger partial charge >= 0.3 is 6.18 Å². The molecule has 0 aromatic heterocycles. The molecule has 0 bridgehead atoms. The molecule has 1 heterocycles. The van der Waals surface area contributed by atoms with E-state index < -0.39 is 17.6 Å². The normalized spacial score (nSPS) is 16.5. The molecule has 1 saturated heterocycles. The Morgan fingerprint density at radius 2 is 2.13 bits per heavy atom. The van der Waals surface area contributed by atoms with Gasteiger partial charge in [0.2, 0.25) is 5.91 Å². The second kappa shape index (κ2) is 7.02. The highest BCUT2D eigenvalue weighted by Crippen LogP contribution is 2.29. The van der Waals surface area contributed by atoms with Gasteiger partial charge in [-0.2, -0.15) is 13.2 Å². The Hall–Kier alpha value is -2.05. The van der Waals surface area contributed by atoms with Crippen LogP contribution >= 0.6 is 0 Å². The molecule has 0 unspecified atom stereocenters. The molecule has 1 N–H and O–H groups in total. The van der Waals surface area contributed by atoms with Crippen molar-refractivity contribution in [1.82, 2.24) is 10.2 Å². The molecule has 1 aromatic rings. The molecule has 1 atom stereocenters. The summed E-state index contributed by atoms with van der Waals surface area (Å²) in [6.45, 7) is 3.46. The topological polar surface area (TPSA) is 49.4 Å². The smallest absolute Gasteiger partial charge is 0.352 e. The molecule has 0 radical (unpaired) electrons. The summed E-state index contributed by atoms with van der Waals surface area (Å²) < 4.78 is 37.9. The predicted octanol–water partition coefficient (Wildman–Crippen LogP) is 2.69. The van der Waals surface area contributed by atoms with E-state index >= 15 is 0 Å². The molecule has 1 aromatic carbocycles. The fraction of sp³-hybridized carbons (Fsp3) is 0.500. The highest BCUT2D eigenvalue weighted by atomic mass is 19.4. The van der Waals surface area contributed by atoms with Crippen molar-refractivity contribution in [2.24, 2.45) is 5.92 Å². The minimum absolute atomic E-state index is 0.0238. The monoisotopic (exact) mass is 328 g/mol. The third kappa shape index (κ3) is 4.71. The zero-order chi connectivity index (χ0) is 17.0. The molecular formula is C16H19F3N2O2. The standard InChI is InChI=1S/C16H19F3N2O2/c1-11(10-21-7-3-6-14(21)22)9-20-15(23)12-4-2-5-13(8-12)16(17,18)19/h2,4-5,8,11H,3,6-7,9-10H2,1H3,(H,20,23)/t11-/m0/s1. The van der Waals surface area contributed by atoms with Gasteiger partial charge in [0.1, 0.15) is 0 Å². The van der Waals surface area contributed by atoms with Crippen molar-refractivity contribution in [3.05, 3.63) is 35.4 Å². The van der Waals surface area contributed by atoms with Gasteiger partial charge < -0.3 is 10.2 Å². The predicted molar refractivity (Wildman–Crippen MR) is 78.8 cm³/mol. The first-order chi connectivity index (χ1) is 10.8. The van der Waals surface area contributed by atoms with Gasteiger partial charge in [-0.05, 0) is 30.5 Å². The van der Waals surface area contributed by atoms with E-state index in [9.17, 15) is 22.8 Å². The number of carbonyl (C=O) groups is 2. The van der Waals surface area contributed by atoms with Crippen LogP contribution in [0, 0.1) is 5.92 Å². The van der Waals surface area contributed by atoms with Gasteiger partial charge in [-0.3, -0.25) is 9.59 Å². The second-order valence-electron chi connectivity index (χ2n) is 5.84. The molecule has 2 amide bonds. The molecule has 23 heavy (non-hydrogen) atoms. The number of hydrogen-bond acceptors (Lipinski definition) is 2. The number of benzene rings is 1. The Labute approximate surface area is 132 Å². The maximum absolute atomic E-state index is 12.6. The van der Waals surface area contributed by atoms with Crippen molar-refractivity contribution < 1.29 is 22.8 Å². The molecule has 0 saturated carbocycles. The minimum Gasteiger partial charge on any atom is -0.352 e. The van der Waals surface area contributed by atoms with Crippen LogP contribution in [-0.4, -0.2) is 36.3 Å². The van der Waals surface area contributed by atoms with Gasteiger partial charge in [-0.1, -0.05) is 13.0 Å². The summed E-state index contributed by atoms with van der Waals surface area (Å²) in [7, 11) is 0. The zero-order valence-corrected chi connectivity index (χ0v) is 12.8. The van der Waals surface area contributed by atoms with Crippen LogP contribution in [0.4, 0.5) is 13.2 Å². The summed E-state index contributed by atoms with van der Waals surface area (Å²) in [5, 5.41) is 2.62. The van der Waals surface area contributed by atoms with Crippen molar-refractivity contribution >= 4 is 11.8 Å². The lowest BCUT2D eigenvalue weighted by atomic mass is 10.1. The number of nitrogens with zero attached hydrogens (tertiary/aromatic N) is 1. The van der Waals surface area contributed by atoms with E-state index in [1.165, 1.54) is 12.1 Å². The molecule has 1 aliphatic heterocycles. The maximum Gasteiger partial charge on any atom is 0.416 e. The van der Waals surface area contributed by atoms with Gasteiger partial charge in [0.25, 0.3) is 5.91 Å². The molecule has 2 rings (SSSR count). The number of carbonyl (C=O) groups excluding carboxylic acids is 2. The number of likely N-dealkylation sites (tertiary alicyclic amines) is 1. The van der Waals surface area contributed by atoms with Crippen LogP contribution in [0.15, 0.2) is 24.3 Å². The maximum atomic E-state index is 12.6. The van der Waals surface area contributed by atoms with Crippen LogP contribution in [-0.2, 0) is 11.0 Å². The summed E-state index contributed by atoms with van der Waals surface area (Å²) in [6, 6.07) is 4.33. The fourth-order valence-electron chi connectivity index (χ4n) is 2.54. The largest absolute Gasteiger partial charge is 0.416 e. The first-order valence-corrected chi connectivity index (χ1v) is 7.50. The first kappa shape index (κ1) is 17.3. The van der Waals surface area contributed by atoms with Gasteiger partial charge in [-0.15, -0.1) is 0 Å². The summed E-state index contributed by atoms with van der Waals surface area (Å²) >= 11 is 0. The quantitative estimate of drug-likeness (QED) is 0.903. The molecular weight excluding hydrogens is 309 g/mol. The van der Waals surface area contributed by atoms with E-state index in [4.69, 9.17) is 0 Å². The summed E-state index contributed by atoms with van der Waals surface area (Å²) in [4.78, 5) is 25.3. The lowest BCUT2D eigenvalue weighted by Crippen LogP contribution is -2.36. The van der Waals surface area contributed by atoms with Crippen LogP contribution in [0.2, 0.25) is 0 Å². The average molecular weight is 328 g/mol. The van der Waals surface area contributed by atoms with Crippen LogP contribution < -0.4 is 5.32 Å². The summed E-state index contributed by atoms with van der Waals surface area (Å²) in [6.07, 6.45) is -3.06. The van der Waals surface area contributed by atoms with Crippen LogP contribution in [0.1, 0.15) is 35.7 Å². The summed E-state index contributed by atoms with van der Waals surface area (Å²) in [5.74, 6) is -0.399. The van der Waals surface area contributed by atoms with E-state index in [1.54, 1.807) is 4.90 Å². The molecule has 1 aliphatic rings. The Kier molecular flexibility index (Phi) is 5.28. The second-order valence-corrected chi connectivity index (χ2v) is 5.84.